The quantitative estimate of drug-likeness (QED) is 0.680. The monoisotopic (exact) mass is 315 g/mol. The summed E-state index contributed by atoms with van der Waals surface area (Å²) in [7, 11) is 0. The van der Waals surface area contributed by atoms with E-state index in [-0.39, 0.29) is 24.1 Å². The Hall–Kier alpha value is -0.560. The summed E-state index contributed by atoms with van der Waals surface area (Å²) < 4.78 is 41.2. The van der Waals surface area contributed by atoms with Crippen molar-refractivity contribution >= 4 is 33.4 Å². The molecule has 0 amide bonds. The molecule has 0 aromatic heterocycles. The van der Waals surface area contributed by atoms with Gasteiger partial charge in [-0.2, -0.15) is 13.2 Å². The molecule has 0 atom stereocenters. The van der Waals surface area contributed by atoms with Crippen LogP contribution in [0.15, 0.2) is 22.7 Å². The largest absolute Gasteiger partial charge is 0.491 e. The fraction of sp³-hybridized carbons (Fsp3) is 0.333. The van der Waals surface area contributed by atoms with Gasteiger partial charge in [0.05, 0.1) is 11.1 Å². The summed E-state index contributed by atoms with van der Waals surface area (Å²) in [6.07, 6.45) is 0. The van der Waals surface area contributed by atoms with Gasteiger partial charge in [0.15, 0.2) is 0 Å². The van der Waals surface area contributed by atoms with Gasteiger partial charge in [0.2, 0.25) is 0 Å². The molecule has 0 spiro atoms. The van der Waals surface area contributed by atoms with Gasteiger partial charge in [-0.3, -0.25) is 0 Å². The van der Waals surface area contributed by atoms with Crippen LogP contribution in [0.2, 0.25) is 0 Å². The number of rotatable bonds is 4. The minimum Gasteiger partial charge on any atom is -0.491 e. The van der Waals surface area contributed by atoms with Gasteiger partial charge >= 0.3 is 5.51 Å². The SMILES string of the molecule is Nc1ccc(Br)c(OCCSC(F)(F)F)c1. The zero-order valence-electron chi connectivity index (χ0n) is 8.05. The van der Waals surface area contributed by atoms with Gasteiger partial charge in [0, 0.05) is 17.5 Å². The number of nitrogens with two attached hydrogens (primary N) is 1. The lowest BCUT2D eigenvalue weighted by atomic mass is 10.3. The zero-order valence-corrected chi connectivity index (χ0v) is 10.5. The van der Waals surface area contributed by atoms with Crippen LogP contribution in [-0.2, 0) is 0 Å². The summed E-state index contributed by atoms with van der Waals surface area (Å²) in [5, 5.41) is 0. The van der Waals surface area contributed by atoms with Crippen LogP contribution in [0.1, 0.15) is 0 Å². The molecule has 0 saturated carbocycles. The van der Waals surface area contributed by atoms with E-state index in [0.29, 0.717) is 15.9 Å². The molecule has 0 bridgehead atoms. The Bertz CT molecular complexity index is 359. The van der Waals surface area contributed by atoms with E-state index in [1.54, 1.807) is 18.2 Å². The minimum atomic E-state index is -4.21. The molecule has 90 valence electrons. The van der Waals surface area contributed by atoms with Crippen molar-refractivity contribution in [1.29, 1.82) is 0 Å². The fourth-order valence-electron chi connectivity index (χ4n) is 0.940. The highest BCUT2D eigenvalue weighted by molar-refractivity contribution is 9.10. The molecule has 2 N–H and O–H groups in total. The molecule has 1 aromatic carbocycles. The molecule has 0 radical (unpaired) electrons. The lowest BCUT2D eigenvalue weighted by molar-refractivity contribution is -0.0329. The van der Waals surface area contributed by atoms with Gasteiger partial charge in [-0.25, -0.2) is 0 Å². The number of ether oxygens (including phenoxy) is 1. The highest BCUT2D eigenvalue weighted by Gasteiger charge is 2.27. The second-order valence-corrected chi connectivity index (χ2v) is 4.85. The van der Waals surface area contributed by atoms with Crippen molar-refractivity contribution in [2.75, 3.05) is 18.1 Å². The summed E-state index contributed by atoms with van der Waals surface area (Å²) >= 11 is 3.10. The third-order valence-electron chi connectivity index (χ3n) is 1.56. The number of hydrogen-bond donors (Lipinski definition) is 1. The van der Waals surface area contributed by atoms with Crippen LogP contribution in [0, 0.1) is 0 Å². The molecule has 0 aliphatic carbocycles. The molecule has 2 nitrogen and oxygen atoms in total. The first-order valence-electron chi connectivity index (χ1n) is 4.27. The van der Waals surface area contributed by atoms with Crippen molar-refractivity contribution in [3.63, 3.8) is 0 Å². The number of nitrogen functional groups attached to an aromatic ring is 1. The first-order valence-corrected chi connectivity index (χ1v) is 6.05. The Balaban J connectivity index is 2.40. The third kappa shape index (κ3) is 4.98. The maximum atomic E-state index is 11.8. The number of halogens is 4. The van der Waals surface area contributed by atoms with Crippen molar-refractivity contribution in [2.24, 2.45) is 0 Å². The fourth-order valence-corrected chi connectivity index (χ4v) is 1.70. The molecule has 0 aliphatic heterocycles. The molecule has 0 heterocycles. The van der Waals surface area contributed by atoms with E-state index in [9.17, 15) is 13.2 Å². The number of anilines is 1. The summed E-state index contributed by atoms with van der Waals surface area (Å²) in [5.41, 5.74) is 1.80. The van der Waals surface area contributed by atoms with E-state index in [4.69, 9.17) is 10.5 Å². The maximum Gasteiger partial charge on any atom is 0.441 e. The Kier molecular flexibility index (Phi) is 4.79. The predicted octanol–water partition coefficient (Wildman–Crippen LogP) is 3.66. The van der Waals surface area contributed by atoms with E-state index < -0.39 is 5.51 Å². The summed E-state index contributed by atoms with van der Waals surface area (Å²) in [5.74, 6) is 0.299. The molecule has 7 heteroatoms. The number of benzene rings is 1. The summed E-state index contributed by atoms with van der Waals surface area (Å²) in [6.45, 7) is -0.0216. The van der Waals surface area contributed by atoms with Gasteiger partial charge in [-0.15, -0.1) is 0 Å². The Morgan fingerprint density at radius 1 is 1.38 bits per heavy atom. The van der Waals surface area contributed by atoms with E-state index in [1.807, 2.05) is 0 Å². The molecule has 0 fully saturated rings. The maximum absolute atomic E-state index is 11.8. The predicted molar refractivity (Wildman–Crippen MR) is 62.6 cm³/mol. The Morgan fingerprint density at radius 3 is 2.69 bits per heavy atom. The molecule has 0 saturated heterocycles. The van der Waals surface area contributed by atoms with Crippen molar-refractivity contribution in [3.8, 4) is 5.75 Å². The highest BCUT2D eigenvalue weighted by Crippen LogP contribution is 2.31. The van der Waals surface area contributed by atoms with Crippen LogP contribution >= 0.6 is 27.7 Å². The number of hydrogen-bond acceptors (Lipinski definition) is 3. The van der Waals surface area contributed by atoms with E-state index >= 15 is 0 Å². The van der Waals surface area contributed by atoms with Crippen LogP contribution < -0.4 is 10.5 Å². The van der Waals surface area contributed by atoms with Gasteiger partial charge < -0.3 is 10.5 Å². The van der Waals surface area contributed by atoms with Crippen LogP contribution in [0.5, 0.6) is 5.75 Å². The molecular formula is C9H9BrF3NOS. The third-order valence-corrected chi connectivity index (χ3v) is 2.92. The van der Waals surface area contributed by atoms with Gasteiger partial charge in [0.25, 0.3) is 0 Å². The molecule has 16 heavy (non-hydrogen) atoms. The second kappa shape index (κ2) is 5.67. The molecule has 1 aromatic rings. The topological polar surface area (TPSA) is 35.2 Å². The average molecular weight is 316 g/mol. The van der Waals surface area contributed by atoms with Crippen molar-refractivity contribution in [1.82, 2.24) is 0 Å². The number of thioether (sulfide) groups is 1. The van der Waals surface area contributed by atoms with E-state index in [0.717, 1.165) is 0 Å². The molecule has 1 rings (SSSR count). The van der Waals surface area contributed by atoms with Crippen LogP contribution in [0.25, 0.3) is 0 Å². The average Bonchev–Trinajstić information content (AvgIpc) is 2.16. The van der Waals surface area contributed by atoms with Gasteiger partial charge in [0.1, 0.15) is 5.75 Å². The van der Waals surface area contributed by atoms with Crippen molar-refractivity contribution in [2.45, 2.75) is 5.51 Å². The second-order valence-electron chi connectivity index (χ2n) is 2.83. The minimum absolute atomic E-state index is 0.0216. The molecular weight excluding hydrogens is 307 g/mol. The first-order chi connectivity index (χ1) is 7.38. The smallest absolute Gasteiger partial charge is 0.441 e. The molecule has 0 unspecified atom stereocenters. The summed E-state index contributed by atoms with van der Waals surface area (Å²) in [6, 6.07) is 4.91. The standard InChI is InChI=1S/C9H9BrF3NOS/c10-7-2-1-6(14)5-8(7)15-3-4-16-9(11,12)13/h1-2,5H,3-4,14H2. The van der Waals surface area contributed by atoms with Crippen molar-refractivity contribution < 1.29 is 17.9 Å². The lowest BCUT2D eigenvalue weighted by Gasteiger charge is -2.09. The molecule has 0 aliphatic rings. The van der Waals surface area contributed by atoms with E-state index in [2.05, 4.69) is 15.9 Å². The van der Waals surface area contributed by atoms with Crippen LogP contribution in [0.4, 0.5) is 18.9 Å². The van der Waals surface area contributed by atoms with Gasteiger partial charge in [-0.1, -0.05) is 0 Å². The number of alkyl halides is 3. The van der Waals surface area contributed by atoms with E-state index in [1.165, 1.54) is 0 Å². The van der Waals surface area contributed by atoms with Crippen LogP contribution in [0.3, 0.4) is 0 Å². The lowest BCUT2D eigenvalue weighted by Crippen LogP contribution is -2.07. The summed E-state index contributed by atoms with van der Waals surface area (Å²) in [4.78, 5) is 0. The normalized spacial score (nSPS) is 11.5. The Morgan fingerprint density at radius 2 is 2.06 bits per heavy atom. The Labute approximate surface area is 103 Å². The zero-order chi connectivity index (χ0) is 12.2. The van der Waals surface area contributed by atoms with Crippen molar-refractivity contribution in [3.05, 3.63) is 22.7 Å². The van der Waals surface area contributed by atoms with Gasteiger partial charge in [-0.05, 0) is 39.8 Å². The highest BCUT2D eigenvalue weighted by atomic mass is 79.9. The van der Waals surface area contributed by atoms with Crippen LogP contribution in [-0.4, -0.2) is 17.9 Å². The first kappa shape index (κ1) is 13.5.